The van der Waals surface area contributed by atoms with Gasteiger partial charge in [0.05, 0.1) is 16.7 Å². The second kappa shape index (κ2) is 15.9. The number of carbonyl (C=O) groups is 3. The first-order valence-electron chi connectivity index (χ1n) is 20.5. The predicted octanol–water partition coefficient (Wildman–Crippen LogP) is 10.9. The third kappa shape index (κ3) is 7.42. The normalized spacial score (nSPS) is 31.2. The Hall–Kier alpha value is -4.19. The van der Waals surface area contributed by atoms with Crippen molar-refractivity contribution in [2.45, 2.75) is 111 Å². The third-order valence-electron chi connectivity index (χ3n) is 14.3. The first-order chi connectivity index (χ1) is 26.0. The van der Waals surface area contributed by atoms with Crippen LogP contribution in [-0.4, -0.2) is 36.2 Å². The summed E-state index contributed by atoms with van der Waals surface area (Å²) in [7, 11) is 0. The molecule has 6 nitrogen and oxygen atoms in total. The van der Waals surface area contributed by atoms with E-state index in [1.54, 1.807) is 12.1 Å². The minimum absolute atomic E-state index is 0.111. The zero-order valence-electron chi connectivity index (χ0n) is 32.7. The highest BCUT2D eigenvalue weighted by molar-refractivity contribution is 5.90. The molecule has 3 aromatic rings. The molecular formula is C48H58O6. The quantitative estimate of drug-likeness (QED) is 0.111. The van der Waals surface area contributed by atoms with Crippen molar-refractivity contribution in [2.24, 2.45) is 46.3 Å². The van der Waals surface area contributed by atoms with Crippen LogP contribution in [-0.2, 0) is 14.2 Å². The number of hydrogen-bond acceptors (Lipinski definition) is 6. The third-order valence-corrected chi connectivity index (χ3v) is 14.3. The van der Waals surface area contributed by atoms with E-state index in [1.807, 2.05) is 78.9 Å². The van der Waals surface area contributed by atoms with E-state index in [1.165, 1.54) is 18.4 Å². The zero-order chi connectivity index (χ0) is 38.0. The van der Waals surface area contributed by atoms with E-state index in [0.717, 1.165) is 32.1 Å². The molecule has 0 aromatic heterocycles. The van der Waals surface area contributed by atoms with E-state index in [-0.39, 0.29) is 46.9 Å². The van der Waals surface area contributed by atoms with Crippen LogP contribution < -0.4 is 0 Å². The molecule has 7 rings (SSSR count). The standard InChI is InChI=1S/C48H58O6/c1-31(2)42(53-45(50)34-17-11-7-12-18-34)26-21-32(3)39-24-25-40-38-23-22-36-29-37(52-44(49)33-15-9-6-10-16-33)30-43(54-46(51)35-19-13-8-14-20-35)48(36,5)41(38)27-28-47(39,40)4/h6-20,22,31-32,37-43H,21,23-30H2,1-5H3/t32-,37-,38+,39-,40+,41+,42?,43+,47-,48+/m1/s1. The van der Waals surface area contributed by atoms with Gasteiger partial charge in [0.1, 0.15) is 18.3 Å². The van der Waals surface area contributed by atoms with Gasteiger partial charge in [0, 0.05) is 18.3 Å². The fourth-order valence-corrected chi connectivity index (χ4v) is 11.4. The van der Waals surface area contributed by atoms with E-state index in [0.29, 0.717) is 59.1 Å². The zero-order valence-corrected chi connectivity index (χ0v) is 32.7. The Labute approximate surface area is 322 Å². The van der Waals surface area contributed by atoms with Crippen molar-refractivity contribution >= 4 is 17.9 Å². The van der Waals surface area contributed by atoms with Crippen LogP contribution in [0.4, 0.5) is 0 Å². The minimum atomic E-state index is -0.404. The first kappa shape index (κ1) is 38.1. The fourth-order valence-electron chi connectivity index (χ4n) is 11.4. The summed E-state index contributed by atoms with van der Waals surface area (Å²) in [5, 5.41) is 0. The Morgan fingerprint density at radius 1 is 0.704 bits per heavy atom. The number of rotatable bonds is 11. The van der Waals surface area contributed by atoms with E-state index in [4.69, 9.17) is 14.2 Å². The molecule has 0 spiro atoms. The molecule has 6 heteroatoms. The average molecular weight is 731 g/mol. The lowest BCUT2D eigenvalue weighted by Gasteiger charge is -2.60. The summed E-state index contributed by atoms with van der Waals surface area (Å²) >= 11 is 0. The number of allylic oxidation sites excluding steroid dienone is 1. The van der Waals surface area contributed by atoms with Crippen LogP contribution in [0.5, 0.6) is 0 Å². The molecule has 4 aliphatic carbocycles. The van der Waals surface area contributed by atoms with Crippen LogP contribution in [0.25, 0.3) is 0 Å². The van der Waals surface area contributed by atoms with Gasteiger partial charge in [0.15, 0.2) is 0 Å². The molecule has 3 fully saturated rings. The van der Waals surface area contributed by atoms with Crippen LogP contribution in [0.3, 0.4) is 0 Å². The molecule has 3 aromatic carbocycles. The Bertz CT molecular complexity index is 1800. The Kier molecular flexibility index (Phi) is 11.2. The van der Waals surface area contributed by atoms with Crippen molar-refractivity contribution in [1.82, 2.24) is 0 Å². The smallest absolute Gasteiger partial charge is 0.338 e. The first-order valence-corrected chi connectivity index (χ1v) is 20.5. The maximum Gasteiger partial charge on any atom is 0.338 e. The summed E-state index contributed by atoms with van der Waals surface area (Å²) < 4.78 is 18.8. The second-order valence-corrected chi connectivity index (χ2v) is 17.6. The molecule has 1 unspecified atom stereocenters. The van der Waals surface area contributed by atoms with Gasteiger partial charge in [-0.25, -0.2) is 14.4 Å². The number of carbonyl (C=O) groups excluding carboxylic acids is 3. The van der Waals surface area contributed by atoms with Gasteiger partial charge in [0.2, 0.25) is 0 Å². The Morgan fingerprint density at radius 2 is 1.28 bits per heavy atom. The monoisotopic (exact) mass is 730 g/mol. The van der Waals surface area contributed by atoms with Gasteiger partial charge in [-0.15, -0.1) is 0 Å². The van der Waals surface area contributed by atoms with Gasteiger partial charge < -0.3 is 14.2 Å². The van der Waals surface area contributed by atoms with E-state index in [2.05, 4.69) is 40.7 Å². The van der Waals surface area contributed by atoms with Crippen molar-refractivity contribution in [3.8, 4) is 0 Å². The highest BCUT2D eigenvalue weighted by Gasteiger charge is 2.62. The summed E-state index contributed by atoms with van der Waals surface area (Å²) in [4.78, 5) is 39.9. The predicted molar refractivity (Wildman–Crippen MR) is 211 cm³/mol. The van der Waals surface area contributed by atoms with Crippen LogP contribution >= 0.6 is 0 Å². The van der Waals surface area contributed by atoms with Crippen molar-refractivity contribution < 1.29 is 28.6 Å². The van der Waals surface area contributed by atoms with E-state index in [9.17, 15) is 14.4 Å². The molecule has 4 aliphatic rings. The summed E-state index contributed by atoms with van der Waals surface area (Å²) in [6.07, 6.45) is 10.3. The molecule has 3 saturated carbocycles. The van der Waals surface area contributed by atoms with Gasteiger partial charge in [-0.3, -0.25) is 0 Å². The summed E-state index contributed by atoms with van der Waals surface area (Å²) in [5.41, 5.74) is 2.86. The Balaban J connectivity index is 1.08. The number of esters is 3. The lowest BCUT2D eigenvalue weighted by Crippen LogP contribution is -2.57. The van der Waals surface area contributed by atoms with Crippen molar-refractivity contribution in [3.63, 3.8) is 0 Å². The molecular weight excluding hydrogens is 673 g/mol. The van der Waals surface area contributed by atoms with E-state index < -0.39 is 6.10 Å². The second-order valence-electron chi connectivity index (χ2n) is 17.6. The highest BCUT2D eigenvalue weighted by Crippen LogP contribution is 2.67. The van der Waals surface area contributed by atoms with Gasteiger partial charge in [-0.1, -0.05) is 101 Å². The molecule has 0 N–H and O–H groups in total. The van der Waals surface area contributed by atoms with Crippen molar-refractivity contribution in [2.75, 3.05) is 0 Å². The maximum absolute atomic E-state index is 13.7. The van der Waals surface area contributed by atoms with Gasteiger partial charge in [-0.2, -0.15) is 0 Å². The maximum atomic E-state index is 13.7. The van der Waals surface area contributed by atoms with Crippen LogP contribution in [0.1, 0.15) is 123 Å². The summed E-state index contributed by atoms with van der Waals surface area (Å²) in [6, 6.07) is 27.7. The number of hydrogen-bond donors (Lipinski definition) is 0. The van der Waals surface area contributed by atoms with Crippen LogP contribution in [0.2, 0.25) is 0 Å². The molecule has 10 atom stereocenters. The number of benzene rings is 3. The van der Waals surface area contributed by atoms with Gasteiger partial charge >= 0.3 is 17.9 Å². The molecule has 0 radical (unpaired) electrons. The molecule has 0 bridgehead atoms. The SMILES string of the molecule is CC(C)C(CC[C@@H](C)[C@H]1CC[C@H]2[C@@H]3CC=C4C[C@@H](OC(=O)c5ccccc5)C[C@H](OC(=O)c5ccccc5)[C@]4(C)[C@H]3CC[C@]12C)OC(=O)c1ccccc1. The van der Waals surface area contributed by atoms with Crippen LogP contribution in [0.15, 0.2) is 103 Å². The summed E-state index contributed by atoms with van der Waals surface area (Å²) in [5.74, 6) is 1.97. The number of ether oxygens (including phenoxy) is 3. The van der Waals surface area contributed by atoms with Gasteiger partial charge in [-0.05, 0) is 122 Å². The van der Waals surface area contributed by atoms with E-state index >= 15 is 0 Å². The Morgan fingerprint density at radius 3 is 1.87 bits per heavy atom. The molecule has 0 aliphatic heterocycles. The van der Waals surface area contributed by atoms with Crippen molar-refractivity contribution in [1.29, 1.82) is 0 Å². The fraction of sp³-hybridized carbons (Fsp3) is 0.521. The molecule has 0 saturated heterocycles. The largest absolute Gasteiger partial charge is 0.459 e. The highest BCUT2D eigenvalue weighted by atomic mass is 16.6. The topological polar surface area (TPSA) is 78.9 Å². The average Bonchev–Trinajstić information content (AvgIpc) is 3.55. The summed E-state index contributed by atoms with van der Waals surface area (Å²) in [6.45, 7) is 11.6. The van der Waals surface area contributed by atoms with Crippen molar-refractivity contribution in [3.05, 3.63) is 119 Å². The molecule has 0 heterocycles. The molecule has 286 valence electrons. The number of fused-ring (bicyclic) bond motifs is 5. The molecule has 0 amide bonds. The lowest BCUT2D eigenvalue weighted by atomic mass is 9.46. The van der Waals surface area contributed by atoms with Gasteiger partial charge in [0.25, 0.3) is 0 Å². The van der Waals surface area contributed by atoms with Crippen LogP contribution in [0, 0.1) is 46.3 Å². The lowest BCUT2D eigenvalue weighted by molar-refractivity contribution is -0.114. The molecule has 54 heavy (non-hydrogen) atoms. The minimum Gasteiger partial charge on any atom is -0.459 e.